The van der Waals surface area contributed by atoms with E-state index < -0.39 is 12.0 Å². The second-order valence-corrected chi connectivity index (χ2v) is 5.25. The maximum Gasteiger partial charge on any atom is 0.328 e. The number of amides is 2. The standard InChI is InChI=1S/C15H20N2O4/c1-11-3-5-12(6-4-11)9-16(2)15(20)17-7-8-21-10-13(17)14(18)19/h3-6,13H,7-10H2,1-2H3,(H,18,19). The van der Waals surface area contributed by atoms with E-state index in [9.17, 15) is 9.59 Å². The summed E-state index contributed by atoms with van der Waals surface area (Å²) in [5, 5.41) is 9.17. The number of morpholine rings is 1. The van der Waals surface area contributed by atoms with Gasteiger partial charge in [0, 0.05) is 20.1 Å². The number of aliphatic carboxylic acids is 1. The van der Waals surface area contributed by atoms with E-state index in [4.69, 9.17) is 9.84 Å². The topological polar surface area (TPSA) is 70.1 Å². The zero-order valence-corrected chi connectivity index (χ0v) is 12.3. The van der Waals surface area contributed by atoms with E-state index in [2.05, 4.69) is 0 Å². The minimum Gasteiger partial charge on any atom is -0.480 e. The van der Waals surface area contributed by atoms with E-state index in [0.717, 1.165) is 11.1 Å². The summed E-state index contributed by atoms with van der Waals surface area (Å²) in [5.74, 6) is -1.04. The molecule has 1 aliphatic heterocycles. The molecule has 1 atom stereocenters. The molecule has 1 N–H and O–H groups in total. The zero-order chi connectivity index (χ0) is 15.4. The van der Waals surface area contributed by atoms with Crippen molar-refractivity contribution in [2.24, 2.45) is 0 Å². The van der Waals surface area contributed by atoms with E-state index in [-0.39, 0.29) is 12.6 Å². The molecule has 6 nitrogen and oxygen atoms in total. The SMILES string of the molecule is Cc1ccc(CN(C)C(=O)N2CCOCC2C(=O)O)cc1. The molecule has 1 aromatic rings. The average molecular weight is 292 g/mol. The summed E-state index contributed by atoms with van der Waals surface area (Å²) >= 11 is 0. The smallest absolute Gasteiger partial charge is 0.328 e. The summed E-state index contributed by atoms with van der Waals surface area (Å²) in [6.45, 7) is 3.16. The van der Waals surface area contributed by atoms with Crippen LogP contribution in [0.15, 0.2) is 24.3 Å². The minimum absolute atomic E-state index is 0.0411. The Morgan fingerprint density at radius 3 is 2.67 bits per heavy atom. The lowest BCUT2D eigenvalue weighted by atomic mass is 10.1. The molecular weight excluding hydrogens is 272 g/mol. The number of carboxylic acids is 1. The Morgan fingerprint density at radius 2 is 2.05 bits per heavy atom. The van der Waals surface area contributed by atoms with Crippen LogP contribution in [0.25, 0.3) is 0 Å². The Morgan fingerprint density at radius 1 is 1.38 bits per heavy atom. The molecule has 1 aliphatic rings. The summed E-state index contributed by atoms with van der Waals surface area (Å²) in [6.07, 6.45) is 0. The van der Waals surface area contributed by atoms with Gasteiger partial charge in [-0.3, -0.25) is 0 Å². The van der Waals surface area contributed by atoms with Gasteiger partial charge in [0.1, 0.15) is 0 Å². The van der Waals surface area contributed by atoms with Crippen LogP contribution in [-0.4, -0.2) is 59.8 Å². The quantitative estimate of drug-likeness (QED) is 0.912. The third-order valence-electron chi connectivity index (χ3n) is 3.53. The highest BCUT2D eigenvalue weighted by molar-refractivity contribution is 5.83. The number of benzene rings is 1. The van der Waals surface area contributed by atoms with Gasteiger partial charge in [-0.05, 0) is 12.5 Å². The Balaban J connectivity index is 2.03. The van der Waals surface area contributed by atoms with Crippen molar-refractivity contribution in [3.8, 4) is 0 Å². The first-order valence-corrected chi connectivity index (χ1v) is 6.87. The van der Waals surface area contributed by atoms with E-state index in [1.165, 1.54) is 9.80 Å². The normalized spacial score (nSPS) is 18.4. The molecule has 1 aromatic carbocycles. The maximum absolute atomic E-state index is 12.4. The predicted molar refractivity (Wildman–Crippen MR) is 77.0 cm³/mol. The number of carbonyl (C=O) groups excluding carboxylic acids is 1. The van der Waals surface area contributed by atoms with Crippen LogP contribution < -0.4 is 0 Å². The molecule has 0 saturated carbocycles. The Hall–Kier alpha value is -2.08. The molecule has 2 rings (SSSR count). The van der Waals surface area contributed by atoms with Gasteiger partial charge in [0.05, 0.1) is 13.2 Å². The molecule has 1 saturated heterocycles. The Bertz CT molecular complexity index is 515. The van der Waals surface area contributed by atoms with Gasteiger partial charge >= 0.3 is 12.0 Å². The van der Waals surface area contributed by atoms with Crippen LogP contribution in [0.4, 0.5) is 4.79 Å². The highest BCUT2D eigenvalue weighted by atomic mass is 16.5. The van der Waals surface area contributed by atoms with Crippen molar-refractivity contribution in [1.29, 1.82) is 0 Å². The Kier molecular flexibility index (Phi) is 4.80. The predicted octanol–water partition coefficient (Wildman–Crippen LogP) is 1.33. The molecule has 0 aliphatic carbocycles. The number of aryl methyl sites for hydroxylation is 1. The van der Waals surface area contributed by atoms with Crippen molar-refractivity contribution >= 4 is 12.0 Å². The van der Waals surface area contributed by atoms with Crippen LogP contribution in [-0.2, 0) is 16.1 Å². The highest BCUT2D eigenvalue weighted by Gasteiger charge is 2.34. The first-order valence-electron chi connectivity index (χ1n) is 6.87. The van der Waals surface area contributed by atoms with Gasteiger partial charge in [-0.25, -0.2) is 9.59 Å². The second kappa shape index (κ2) is 6.58. The third kappa shape index (κ3) is 3.72. The monoisotopic (exact) mass is 292 g/mol. The number of rotatable bonds is 3. The lowest BCUT2D eigenvalue weighted by molar-refractivity contribution is -0.147. The first kappa shape index (κ1) is 15.3. The molecule has 1 unspecified atom stereocenters. The first-order chi connectivity index (χ1) is 9.99. The number of carbonyl (C=O) groups is 2. The van der Waals surface area contributed by atoms with Crippen molar-refractivity contribution in [2.45, 2.75) is 19.5 Å². The van der Waals surface area contributed by atoms with E-state index in [1.54, 1.807) is 7.05 Å². The molecule has 6 heteroatoms. The van der Waals surface area contributed by atoms with Crippen molar-refractivity contribution in [2.75, 3.05) is 26.8 Å². The number of nitrogens with zero attached hydrogens (tertiary/aromatic N) is 2. The summed E-state index contributed by atoms with van der Waals surface area (Å²) in [5.41, 5.74) is 2.17. The summed E-state index contributed by atoms with van der Waals surface area (Å²) in [7, 11) is 1.68. The van der Waals surface area contributed by atoms with Gasteiger partial charge in [0.2, 0.25) is 0 Å². The van der Waals surface area contributed by atoms with Gasteiger partial charge in [-0.1, -0.05) is 29.8 Å². The molecule has 21 heavy (non-hydrogen) atoms. The number of carboxylic acid groups (broad SMARTS) is 1. The molecule has 0 aromatic heterocycles. The fourth-order valence-corrected chi connectivity index (χ4v) is 2.29. The lowest BCUT2D eigenvalue weighted by Crippen LogP contribution is -2.55. The lowest BCUT2D eigenvalue weighted by Gasteiger charge is -2.35. The number of ether oxygens (including phenoxy) is 1. The third-order valence-corrected chi connectivity index (χ3v) is 3.53. The molecule has 1 heterocycles. The molecule has 114 valence electrons. The zero-order valence-electron chi connectivity index (χ0n) is 12.3. The molecule has 1 fully saturated rings. The largest absolute Gasteiger partial charge is 0.480 e. The maximum atomic E-state index is 12.4. The van der Waals surface area contributed by atoms with Crippen LogP contribution in [0.2, 0.25) is 0 Å². The summed E-state index contributed by atoms with van der Waals surface area (Å²) in [6, 6.07) is 6.71. The number of urea groups is 1. The summed E-state index contributed by atoms with van der Waals surface area (Å²) < 4.78 is 5.14. The number of hydrogen-bond acceptors (Lipinski definition) is 3. The van der Waals surface area contributed by atoms with Crippen molar-refractivity contribution in [1.82, 2.24) is 9.80 Å². The van der Waals surface area contributed by atoms with E-state index in [1.807, 2.05) is 31.2 Å². The van der Waals surface area contributed by atoms with Crippen LogP contribution in [0, 0.1) is 6.92 Å². The fraction of sp³-hybridized carbons (Fsp3) is 0.467. The van der Waals surface area contributed by atoms with Crippen molar-refractivity contribution in [3.05, 3.63) is 35.4 Å². The van der Waals surface area contributed by atoms with E-state index >= 15 is 0 Å². The molecule has 0 spiro atoms. The van der Waals surface area contributed by atoms with Gasteiger partial charge < -0.3 is 19.6 Å². The molecule has 2 amide bonds. The van der Waals surface area contributed by atoms with Gasteiger partial charge in [-0.2, -0.15) is 0 Å². The highest BCUT2D eigenvalue weighted by Crippen LogP contribution is 2.13. The summed E-state index contributed by atoms with van der Waals surface area (Å²) in [4.78, 5) is 26.5. The minimum atomic E-state index is -1.04. The van der Waals surface area contributed by atoms with E-state index in [0.29, 0.717) is 19.7 Å². The van der Waals surface area contributed by atoms with Crippen LogP contribution in [0.5, 0.6) is 0 Å². The van der Waals surface area contributed by atoms with Crippen LogP contribution >= 0.6 is 0 Å². The van der Waals surface area contributed by atoms with Gasteiger partial charge in [-0.15, -0.1) is 0 Å². The van der Waals surface area contributed by atoms with Crippen LogP contribution in [0.1, 0.15) is 11.1 Å². The average Bonchev–Trinajstić information content (AvgIpc) is 2.48. The van der Waals surface area contributed by atoms with Crippen LogP contribution in [0.3, 0.4) is 0 Å². The fourth-order valence-electron chi connectivity index (χ4n) is 2.29. The van der Waals surface area contributed by atoms with Gasteiger partial charge in [0.25, 0.3) is 0 Å². The molecule has 0 radical (unpaired) electrons. The Labute approximate surface area is 123 Å². The van der Waals surface area contributed by atoms with Gasteiger partial charge in [0.15, 0.2) is 6.04 Å². The second-order valence-electron chi connectivity index (χ2n) is 5.25. The molecular formula is C15H20N2O4. The molecule has 0 bridgehead atoms. The number of hydrogen-bond donors (Lipinski definition) is 1. The van der Waals surface area contributed by atoms with Crippen molar-refractivity contribution in [3.63, 3.8) is 0 Å². The van der Waals surface area contributed by atoms with Crippen molar-refractivity contribution < 1.29 is 19.4 Å².